The molecule has 0 radical (unpaired) electrons. The molecule has 3 aromatic rings. The number of aromatic nitrogens is 2. The largest absolute Gasteiger partial charge is 0.435 e. The number of halogens is 5. The van der Waals surface area contributed by atoms with E-state index in [1.54, 1.807) is 0 Å². The van der Waals surface area contributed by atoms with Crippen LogP contribution in [0.1, 0.15) is 21.7 Å². The maximum atomic E-state index is 13.4. The number of carbonyl (C=O) groups is 1. The van der Waals surface area contributed by atoms with E-state index in [-0.39, 0.29) is 17.0 Å². The number of ketones is 1. The van der Waals surface area contributed by atoms with E-state index in [1.807, 2.05) is 0 Å². The van der Waals surface area contributed by atoms with Crippen molar-refractivity contribution in [2.24, 2.45) is 7.05 Å². The Labute approximate surface area is 144 Å². The maximum Gasteiger partial charge on any atom is 0.435 e. The highest BCUT2D eigenvalue weighted by molar-refractivity contribution is 6.09. The van der Waals surface area contributed by atoms with Crippen molar-refractivity contribution in [3.8, 4) is 11.4 Å². The number of rotatable bonds is 3. The molecule has 0 N–H and O–H groups in total. The molecule has 0 saturated heterocycles. The molecule has 0 atom stereocenters. The second-order valence-electron chi connectivity index (χ2n) is 5.53. The number of benzene rings is 2. The van der Waals surface area contributed by atoms with Gasteiger partial charge < -0.3 is 4.57 Å². The predicted molar refractivity (Wildman–Crippen MR) is 83.4 cm³/mol. The van der Waals surface area contributed by atoms with Crippen LogP contribution >= 0.6 is 0 Å². The molecule has 1 heterocycles. The minimum atomic E-state index is -4.87. The van der Waals surface area contributed by atoms with E-state index < -0.39 is 35.0 Å². The minimum Gasteiger partial charge on any atom is -0.324 e. The van der Waals surface area contributed by atoms with Crippen LogP contribution in [0, 0.1) is 11.6 Å². The van der Waals surface area contributed by atoms with Crippen molar-refractivity contribution in [3.63, 3.8) is 0 Å². The van der Waals surface area contributed by atoms with Gasteiger partial charge in [-0.1, -0.05) is 0 Å². The average molecular weight is 366 g/mol. The molecule has 0 aliphatic carbocycles. The Morgan fingerprint density at radius 1 is 0.923 bits per heavy atom. The van der Waals surface area contributed by atoms with Crippen LogP contribution in [0.5, 0.6) is 0 Å². The van der Waals surface area contributed by atoms with Crippen LogP contribution in [0.2, 0.25) is 0 Å². The van der Waals surface area contributed by atoms with Crippen LogP contribution in [-0.4, -0.2) is 15.3 Å². The van der Waals surface area contributed by atoms with Crippen molar-refractivity contribution in [1.29, 1.82) is 0 Å². The summed E-state index contributed by atoms with van der Waals surface area (Å²) in [4.78, 5) is 16.2. The van der Waals surface area contributed by atoms with Gasteiger partial charge >= 0.3 is 6.18 Å². The van der Waals surface area contributed by atoms with Gasteiger partial charge in [0.05, 0.1) is 0 Å². The van der Waals surface area contributed by atoms with Crippen molar-refractivity contribution in [2.75, 3.05) is 0 Å². The van der Waals surface area contributed by atoms with Gasteiger partial charge in [-0.2, -0.15) is 13.2 Å². The Kier molecular flexibility index (Phi) is 4.35. The van der Waals surface area contributed by atoms with E-state index >= 15 is 0 Å². The fourth-order valence-corrected chi connectivity index (χ4v) is 2.55. The van der Waals surface area contributed by atoms with Gasteiger partial charge in [-0.25, -0.2) is 13.8 Å². The first kappa shape index (κ1) is 17.8. The van der Waals surface area contributed by atoms with Gasteiger partial charge in [0.15, 0.2) is 5.69 Å². The smallest absolute Gasteiger partial charge is 0.324 e. The zero-order chi connectivity index (χ0) is 19.1. The molecule has 1 aromatic heterocycles. The molecule has 0 saturated carbocycles. The molecule has 0 bridgehead atoms. The molecular formula is C18H11F5N2O. The highest BCUT2D eigenvalue weighted by Crippen LogP contribution is 2.35. The Bertz CT molecular complexity index is 957. The Hall–Kier alpha value is -3.03. The summed E-state index contributed by atoms with van der Waals surface area (Å²) in [7, 11) is 1.26. The summed E-state index contributed by atoms with van der Waals surface area (Å²) >= 11 is 0. The summed E-state index contributed by atoms with van der Waals surface area (Å²) in [6, 6.07) is 8.87. The van der Waals surface area contributed by atoms with E-state index in [9.17, 15) is 26.7 Å². The molecule has 0 unspecified atom stereocenters. The van der Waals surface area contributed by atoms with E-state index in [2.05, 4.69) is 4.98 Å². The summed E-state index contributed by atoms with van der Waals surface area (Å²) in [5.74, 6) is -2.25. The third kappa shape index (κ3) is 3.22. The van der Waals surface area contributed by atoms with Crippen molar-refractivity contribution in [3.05, 3.63) is 77.1 Å². The number of hydrogen-bond acceptors (Lipinski definition) is 2. The Balaban J connectivity index is 2.18. The fraction of sp³-hybridized carbons (Fsp3) is 0.111. The van der Waals surface area contributed by atoms with Crippen LogP contribution in [-0.2, 0) is 13.2 Å². The molecular weight excluding hydrogens is 355 g/mol. The van der Waals surface area contributed by atoms with Gasteiger partial charge in [0, 0.05) is 18.2 Å². The second-order valence-corrected chi connectivity index (χ2v) is 5.53. The van der Waals surface area contributed by atoms with E-state index in [1.165, 1.54) is 19.2 Å². The lowest BCUT2D eigenvalue weighted by molar-refractivity contribution is -0.141. The topological polar surface area (TPSA) is 34.9 Å². The monoisotopic (exact) mass is 366 g/mol. The first-order chi connectivity index (χ1) is 12.2. The van der Waals surface area contributed by atoms with Crippen molar-refractivity contribution in [2.45, 2.75) is 6.18 Å². The van der Waals surface area contributed by atoms with E-state index in [0.29, 0.717) is 0 Å². The number of hydrogen-bond donors (Lipinski definition) is 0. The molecule has 3 nitrogen and oxygen atoms in total. The Morgan fingerprint density at radius 2 is 1.42 bits per heavy atom. The molecule has 0 fully saturated rings. The standard InChI is InChI=1S/C18H11F5N2O/c1-25-14(15(26)10-2-6-12(19)7-3-10)16(18(21,22)23)24-17(25)11-4-8-13(20)9-5-11/h2-9H,1H3. The van der Waals surface area contributed by atoms with Gasteiger partial charge in [-0.3, -0.25) is 4.79 Å². The van der Waals surface area contributed by atoms with E-state index in [4.69, 9.17) is 0 Å². The summed E-state index contributed by atoms with van der Waals surface area (Å²) in [5.41, 5.74) is -1.92. The zero-order valence-corrected chi connectivity index (χ0v) is 13.3. The number of carbonyl (C=O) groups excluding carboxylic acids is 1. The van der Waals surface area contributed by atoms with Gasteiger partial charge in [-0.15, -0.1) is 0 Å². The molecule has 0 aliphatic rings. The molecule has 26 heavy (non-hydrogen) atoms. The lowest BCUT2D eigenvalue weighted by Gasteiger charge is -2.08. The van der Waals surface area contributed by atoms with E-state index in [0.717, 1.165) is 41.0 Å². The number of nitrogens with zero attached hydrogens (tertiary/aromatic N) is 2. The first-order valence-electron chi connectivity index (χ1n) is 7.38. The van der Waals surface area contributed by atoms with Crippen LogP contribution in [0.25, 0.3) is 11.4 Å². The van der Waals surface area contributed by atoms with Gasteiger partial charge in [0.1, 0.15) is 23.2 Å². The minimum absolute atomic E-state index is 0.106. The molecule has 3 rings (SSSR count). The summed E-state index contributed by atoms with van der Waals surface area (Å²) in [6.45, 7) is 0. The van der Waals surface area contributed by atoms with Gasteiger partial charge in [-0.05, 0) is 48.5 Å². The zero-order valence-electron chi connectivity index (χ0n) is 13.3. The maximum absolute atomic E-state index is 13.4. The Morgan fingerprint density at radius 3 is 1.92 bits per heavy atom. The SMILES string of the molecule is Cn1c(-c2ccc(F)cc2)nc(C(F)(F)F)c1C(=O)c1ccc(F)cc1. The third-order valence-corrected chi connectivity index (χ3v) is 3.79. The third-order valence-electron chi connectivity index (χ3n) is 3.79. The van der Waals surface area contributed by atoms with Crippen LogP contribution in [0.15, 0.2) is 48.5 Å². The highest BCUT2D eigenvalue weighted by Gasteiger charge is 2.41. The lowest BCUT2D eigenvalue weighted by Crippen LogP contribution is -2.16. The van der Waals surface area contributed by atoms with Crippen LogP contribution < -0.4 is 0 Å². The first-order valence-corrected chi connectivity index (χ1v) is 7.38. The molecule has 134 valence electrons. The molecule has 0 aliphatic heterocycles. The molecule has 0 amide bonds. The van der Waals surface area contributed by atoms with Crippen molar-refractivity contribution < 1.29 is 26.7 Å². The summed E-state index contributed by atoms with van der Waals surface area (Å²) in [6.07, 6.45) is -4.87. The molecule has 2 aromatic carbocycles. The van der Waals surface area contributed by atoms with Crippen LogP contribution in [0.4, 0.5) is 22.0 Å². The lowest BCUT2D eigenvalue weighted by atomic mass is 10.1. The predicted octanol–water partition coefficient (Wildman–Crippen LogP) is 4.62. The average Bonchev–Trinajstić information content (AvgIpc) is 2.93. The summed E-state index contributed by atoms with van der Waals surface area (Å²) < 4.78 is 67.3. The number of alkyl halides is 3. The van der Waals surface area contributed by atoms with Crippen LogP contribution in [0.3, 0.4) is 0 Å². The van der Waals surface area contributed by atoms with Crippen molar-refractivity contribution in [1.82, 2.24) is 9.55 Å². The van der Waals surface area contributed by atoms with Gasteiger partial charge in [0.2, 0.25) is 5.78 Å². The number of imidazole rings is 1. The van der Waals surface area contributed by atoms with Gasteiger partial charge in [0.25, 0.3) is 0 Å². The second kappa shape index (κ2) is 6.36. The fourth-order valence-electron chi connectivity index (χ4n) is 2.55. The summed E-state index contributed by atoms with van der Waals surface area (Å²) in [5, 5.41) is 0. The van der Waals surface area contributed by atoms with Crippen molar-refractivity contribution >= 4 is 5.78 Å². The normalized spacial score (nSPS) is 11.6. The highest BCUT2D eigenvalue weighted by atomic mass is 19.4. The molecule has 0 spiro atoms. The molecule has 8 heteroatoms. The quantitative estimate of drug-likeness (QED) is 0.501.